The van der Waals surface area contributed by atoms with Gasteiger partial charge in [-0.15, -0.1) is 0 Å². The summed E-state index contributed by atoms with van der Waals surface area (Å²) in [5.41, 5.74) is 0. The molecule has 0 fully saturated rings. The van der Waals surface area contributed by atoms with Gasteiger partial charge in [-0.2, -0.15) is 11.8 Å². The van der Waals surface area contributed by atoms with Gasteiger partial charge in [0.25, 0.3) is 0 Å². The molecule has 2 amide bonds. The van der Waals surface area contributed by atoms with Crippen LogP contribution in [0.2, 0.25) is 0 Å². The molecule has 0 saturated heterocycles. The van der Waals surface area contributed by atoms with Crippen molar-refractivity contribution >= 4 is 23.8 Å². The molecule has 0 aliphatic rings. The van der Waals surface area contributed by atoms with E-state index in [-0.39, 0.29) is 12.5 Å². The third-order valence-electron chi connectivity index (χ3n) is 2.89. The summed E-state index contributed by atoms with van der Waals surface area (Å²) in [6.07, 6.45) is 5.81. The molecule has 1 unspecified atom stereocenters. The lowest BCUT2D eigenvalue weighted by Gasteiger charge is -2.15. The molecule has 5 nitrogen and oxygen atoms in total. The second kappa shape index (κ2) is 12.1. The lowest BCUT2D eigenvalue weighted by atomic mass is 9.94. The summed E-state index contributed by atoms with van der Waals surface area (Å²) in [5, 5.41) is 14.3. The highest BCUT2D eigenvalue weighted by molar-refractivity contribution is 7.98. The van der Waals surface area contributed by atoms with Crippen molar-refractivity contribution < 1.29 is 14.7 Å². The first-order valence-corrected chi connectivity index (χ1v) is 8.22. The zero-order valence-electron chi connectivity index (χ0n) is 11.9. The summed E-state index contributed by atoms with van der Waals surface area (Å²) in [4.78, 5) is 22.0. The van der Waals surface area contributed by atoms with Crippen LogP contribution in [0.5, 0.6) is 0 Å². The third-order valence-corrected chi connectivity index (χ3v) is 3.51. The van der Waals surface area contributed by atoms with E-state index >= 15 is 0 Å². The maximum atomic E-state index is 11.4. The molecule has 0 aliphatic heterocycles. The molecule has 0 heterocycles. The van der Waals surface area contributed by atoms with Gasteiger partial charge in [0.2, 0.25) is 0 Å². The van der Waals surface area contributed by atoms with Gasteiger partial charge in [-0.3, -0.25) is 4.79 Å². The van der Waals surface area contributed by atoms with E-state index < -0.39 is 5.97 Å². The summed E-state index contributed by atoms with van der Waals surface area (Å²) in [5.74, 6) is 0.543. The molecule has 0 radical (unpaired) electrons. The first kappa shape index (κ1) is 18.1. The number of hydrogen-bond donors (Lipinski definition) is 3. The van der Waals surface area contributed by atoms with Gasteiger partial charge >= 0.3 is 12.0 Å². The average molecular weight is 290 g/mol. The van der Waals surface area contributed by atoms with Crippen LogP contribution in [0.15, 0.2) is 0 Å². The number of carboxylic acid groups (broad SMARTS) is 1. The Morgan fingerprint density at radius 1 is 1.16 bits per heavy atom. The van der Waals surface area contributed by atoms with Crippen molar-refractivity contribution in [3.8, 4) is 0 Å². The minimum absolute atomic E-state index is 0.137. The van der Waals surface area contributed by atoms with E-state index in [9.17, 15) is 9.59 Å². The highest BCUT2D eigenvalue weighted by Crippen LogP contribution is 2.16. The Morgan fingerprint density at radius 2 is 1.84 bits per heavy atom. The predicted molar refractivity (Wildman–Crippen MR) is 79.7 cm³/mol. The Hall–Kier alpha value is -0.910. The van der Waals surface area contributed by atoms with Crippen molar-refractivity contribution in [3.63, 3.8) is 0 Å². The van der Waals surface area contributed by atoms with Gasteiger partial charge < -0.3 is 15.7 Å². The number of rotatable bonds is 11. The quantitative estimate of drug-likeness (QED) is 0.510. The Kier molecular flexibility index (Phi) is 11.6. The second-order valence-electron chi connectivity index (χ2n) is 4.55. The monoisotopic (exact) mass is 290 g/mol. The number of hydrogen-bond acceptors (Lipinski definition) is 3. The maximum absolute atomic E-state index is 11.4. The van der Waals surface area contributed by atoms with Gasteiger partial charge in [0.05, 0.1) is 0 Å². The average Bonchev–Trinajstić information content (AvgIpc) is 2.36. The highest BCUT2D eigenvalue weighted by Gasteiger charge is 2.10. The number of amides is 2. The molecule has 0 saturated carbocycles. The van der Waals surface area contributed by atoms with E-state index in [1.807, 2.05) is 6.26 Å². The van der Waals surface area contributed by atoms with Crippen molar-refractivity contribution in [1.82, 2.24) is 10.6 Å². The number of carbonyl (C=O) groups is 2. The van der Waals surface area contributed by atoms with Gasteiger partial charge in [0, 0.05) is 25.3 Å². The molecule has 0 aliphatic carbocycles. The van der Waals surface area contributed by atoms with Crippen LogP contribution in [0, 0.1) is 5.92 Å². The smallest absolute Gasteiger partial charge is 0.314 e. The first-order chi connectivity index (χ1) is 9.10. The van der Waals surface area contributed by atoms with Crippen LogP contribution in [-0.2, 0) is 4.79 Å². The second-order valence-corrected chi connectivity index (χ2v) is 5.54. The van der Waals surface area contributed by atoms with Crippen LogP contribution in [0.3, 0.4) is 0 Å². The number of aliphatic carboxylic acids is 1. The number of nitrogens with one attached hydrogen (secondary N) is 2. The Morgan fingerprint density at radius 3 is 2.42 bits per heavy atom. The van der Waals surface area contributed by atoms with Crippen LogP contribution in [0.25, 0.3) is 0 Å². The summed E-state index contributed by atoms with van der Waals surface area (Å²) >= 11 is 1.69. The zero-order valence-corrected chi connectivity index (χ0v) is 12.7. The molecular weight excluding hydrogens is 264 g/mol. The molecule has 0 bridgehead atoms. The van der Waals surface area contributed by atoms with Crippen LogP contribution in [-0.4, -0.2) is 42.2 Å². The van der Waals surface area contributed by atoms with Gasteiger partial charge in [-0.25, -0.2) is 4.79 Å². The number of urea groups is 1. The standard InChI is InChI=1S/C13H26N2O3S/c1-3-4-11(5-6-12(16)17)7-8-14-13(18)15-9-10-19-2/h11H,3-10H2,1-2H3,(H,16,17)(H2,14,15,18). The summed E-state index contributed by atoms with van der Waals surface area (Å²) in [7, 11) is 0. The minimum Gasteiger partial charge on any atom is -0.481 e. The molecule has 1 atom stereocenters. The zero-order chi connectivity index (χ0) is 14.5. The number of carboxylic acids is 1. The largest absolute Gasteiger partial charge is 0.481 e. The number of carbonyl (C=O) groups excluding carboxylic acids is 1. The maximum Gasteiger partial charge on any atom is 0.314 e. The van der Waals surface area contributed by atoms with Crippen LogP contribution < -0.4 is 10.6 Å². The van der Waals surface area contributed by atoms with Crippen molar-refractivity contribution in [3.05, 3.63) is 0 Å². The van der Waals surface area contributed by atoms with E-state index in [2.05, 4.69) is 17.6 Å². The first-order valence-electron chi connectivity index (χ1n) is 6.82. The van der Waals surface area contributed by atoms with Crippen molar-refractivity contribution in [2.45, 2.75) is 39.0 Å². The molecule has 3 N–H and O–H groups in total. The summed E-state index contributed by atoms with van der Waals surface area (Å²) < 4.78 is 0. The summed E-state index contributed by atoms with van der Waals surface area (Å²) in [6, 6.07) is -0.137. The molecule has 0 spiro atoms. The predicted octanol–water partition coefficient (Wildman–Crippen LogP) is 2.32. The topological polar surface area (TPSA) is 78.4 Å². The molecule has 0 aromatic heterocycles. The lowest BCUT2D eigenvalue weighted by Crippen LogP contribution is -2.37. The van der Waals surface area contributed by atoms with Crippen LogP contribution in [0.4, 0.5) is 4.79 Å². The summed E-state index contributed by atoms with van der Waals surface area (Å²) in [6.45, 7) is 3.37. The molecule has 6 heteroatoms. The number of thioether (sulfide) groups is 1. The van der Waals surface area contributed by atoms with E-state index in [0.717, 1.165) is 25.0 Å². The van der Waals surface area contributed by atoms with E-state index in [0.29, 0.717) is 25.4 Å². The molecule has 19 heavy (non-hydrogen) atoms. The van der Waals surface area contributed by atoms with Crippen LogP contribution in [0.1, 0.15) is 39.0 Å². The van der Waals surface area contributed by atoms with Crippen molar-refractivity contribution in [2.75, 3.05) is 25.1 Å². The van der Waals surface area contributed by atoms with Crippen molar-refractivity contribution in [1.29, 1.82) is 0 Å². The Labute approximate surface area is 119 Å². The van der Waals surface area contributed by atoms with Gasteiger partial charge in [0.15, 0.2) is 0 Å². The molecule has 0 aromatic rings. The highest BCUT2D eigenvalue weighted by atomic mass is 32.2. The van der Waals surface area contributed by atoms with E-state index in [1.54, 1.807) is 11.8 Å². The SMILES string of the molecule is CCCC(CCNC(=O)NCCSC)CCC(=O)O. The normalized spacial score (nSPS) is 11.9. The fourth-order valence-electron chi connectivity index (χ4n) is 1.89. The molecular formula is C13H26N2O3S. The fourth-order valence-corrected chi connectivity index (χ4v) is 2.19. The molecule has 0 rings (SSSR count). The Balaban J connectivity index is 3.72. The van der Waals surface area contributed by atoms with Gasteiger partial charge in [-0.05, 0) is 25.0 Å². The minimum atomic E-state index is -0.746. The van der Waals surface area contributed by atoms with E-state index in [1.165, 1.54) is 0 Å². The third kappa shape index (κ3) is 11.9. The van der Waals surface area contributed by atoms with Gasteiger partial charge in [0.1, 0.15) is 0 Å². The van der Waals surface area contributed by atoms with Crippen molar-refractivity contribution in [2.24, 2.45) is 5.92 Å². The van der Waals surface area contributed by atoms with Crippen LogP contribution >= 0.6 is 11.8 Å². The van der Waals surface area contributed by atoms with Gasteiger partial charge in [-0.1, -0.05) is 19.8 Å². The molecule has 112 valence electrons. The van der Waals surface area contributed by atoms with E-state index in [4.69, 9.17) is 5.11 Å². The lowest BCUT2D eigenvalue weighted by molar-refractivity contribution is -0.137. The Bertz CT molecular complexity index is 262. The molecule has 0 aromatic carbocycles. The fraction of sp³-hybridized carbons (Fsp3) is 0.846.